The second kappa shape index (κ2) is 15.7. The molecule has 0 atom stereocenters. The zero-order valence-corrected chi connectivity index (χ0v) is 37.6. The minimum atomic E-state index is 0.894. The highest BCUT2D eigenvalue weighted by Gasteiger charge is 2.19. The first-order chi connectivity index (χ1) is 34.2. The summed E-state index contributed by atoms with van der Waals surface area (Å²) in [5.74, 6) is 0. The van der Waals surface area contributed by atoms with E-state index in [9.17, 15) is 0 Å². The molecule has 0 amide bonds. The molecule has 0 fully saturated rings. The van der Waals surface area contributed by atoms with Crippen LogP contribution in [0.2, 0.25) is 0 Å². The Bertz CT molecular complexity index is 4270. The Kier molecular flexibility index (Phi) is 8.90. The summed E-state index contributed by atoms with van der Waals surface area (Å²) in [6, 6.07) is 92.5. The van der Waals surface area contributed by atoms with E-state index >= 15 is 0 Å². The molecular formula is C66H42N2O. The van der Waals surface area contributed by atoms with Crippen molar-refractivity contribution in [2.24, 2.45) is 0 Å². The maximum absolute atomic E-state index is 6.86. The number of nitrogens with zero attached hydrogens (tertiary/aromatic N) is 2. The van der Waals surface area contributed by atoms with Gasteiger partial charge in [0.25, 0.3) is 0 Å². The lowest BCUT2D eigenvalue weighted by atomic mass is 9.96. The van der Waals surface area contributed by atoms with E-state index in [4.69, 9.17) is 4.42 Å². The molecule has 0 aliphatic rings. The molecule has 3 nitrogen and oxygen atoms in total. The van der Waals surface area contributed by atoms with E-state index in [-0.39, 0.29) is 0 Å². The van der Waals surface area contributed by atoms with E-state index in [0.717, 1.165) is 77.9 Å². The summed E-state index contributed by atoms with van der Waals surface area (Å²) in [7, 11) is 0. The summed E-state index contributed by atoms with van der Waals surface area (Å²) in [6.07, 6.45) is 0. The predicted octanol–water partition coefficient (Wildman–Crippen LogP) is 18.6. The molecule has 14 aromatic rings. The van der Waals surface area contributed by atoms with Gasteiger partial charge in [0.1, 0.15) is 11.2 Å². The maximum Gasteiger partial charge on any atom is 0.143 e. The Balaban J connectivity index is 0.899. The first kappa shape index (κ1) is 39.0. The van der Waals surface area contributed by atoms with Gasteiger partial charge in [0, 0.05) is 55.2 Å². The second-order valence-electron chi connectivity index (χ2n) is 18.1. The van der Waals surface area contributed by atoms with Gasteiger partial charge < -0.3 is 13.9 Å². The maximum atomic E-state index is 6.86. The van der Waals surface area contributed by atoms with Crippen LogP contribution in [0.25, 0.3) is 115 Å². The topological polar surface area (TPSA) is 21.3 Å². The lowest BCUT2D eigenvalue weighted by Crippen LogP contribution is -2.10. The van der Waals surface area contributed by atoms with Crippen LogP contribution in [0.5, 0.6) is 0 Å². The van der Waals surface area contributed by atoms with Crippen LogP contribution in [0.4, 0.5) is 17.1 Å². The summed E-state index contributed by atoms with van der Waals surface area (Å²) in [6.45, 7) is 0. The van der Waals surface area contributed by atoms with Gasteiger partial charge in [-0.2, -0.15) is 0 Å². The number of benzene rings is 12. The van der Waals surface area contributed by atoms with E-state index in [1.165, 1.54) is 54.3 Å². The van der Waals surface area contributed by atoms with Gasteiger partial charge >= 0.3 is 0 Å². The molecule has 0 radical (unpaired) electrons. The van der Waals surface area contributed by atoms with Gasteiger partial charge in [0.05, 0.1) is 11.0 Å². The number of furan rings is 1. The Hall–Kier alpha value is -9.18. The van der Waals surface area contributed by atoms with E-state index in [0.29, 0.717) is 0 Å². The summed E-state index contributed by atoms with van der Waals surface area (Å²) >= 11 is 0. The van der Waals surface area contributed by atoms with Crippen molar-refractivity contribution in [3.8, 4) is 39.1 Å². The molecule has 0 spiro atoms. The highest BCUT2D eigenvalue weighted by Crippen LogP contribution is 2.43. The van der Waals surface area contributed by atoms with Gasteiger partial charge in [-0.15, -0.1) is 0 Å². The number of fused-ring (bicyclic) bond motifs is 11. The van der Waals surface area contributed by atoms with Crippen molar-refractivity contribution in [3.05, 3.63) is 255 Å². The van der Waals surface area contributed by atoms with Gasteiger partial charge in [-0.3, -0.25) is 0 Å². The van der Waals surface area contributed by atoms with Crippen LogP contribution in [-0.2, 0) is 0 Å². The van der Waals surface area contributed by atoms with Crippen molar-refractivity contribution in [1.29, 1.82) is 0 Å². The first-order valence-corrected chi connectivity index (χ1v) is 23.6. The van der Waals surface area contributed by atoms with E-state index in [1.54, 1.807) is 0 Å². The van der Waals surface area contributed by atoms with Crippen LogP contribution in [0.3, 0.4) is 0 Å². The van der Waals surface area contributed by atoms with Crippen LogP contribution in [0.1, 0.15) is 0 Å². The summed E-state index contributed by atoms with van der Waals surface area (Å²) in [5, 5.41) is 12.1. The van der Waals surface area contributed by atoms with Crippen molar-refractivity contribution < 1.29 is 4.42 Å². The third kappa shape index (κ3) is 6.43. The first-order valence-electron chi connectivity index (χ1n) is 23.6. The molecule has 2 heterocycles. The van der Waals surface area contributed by atoms with Crippen molar-refractivity contribution >= 4 is 93.1 Å². The van der Waals surface area contributed by atoms with Crippen LogP contribution in [-0.4, -0.2) is 4.57 Å². The lowest BCUT2D eigenvalue weighted by Gasteiger charge is -2.27. The van der Waals surface area contributed by atoms with E-state index < -0.39 is 0 Å². The van der Waals surface area contributed by atoms with Crippen LogP contribution >= 0.6 is 0 Å². The third-order valence-electron chi connectivity index (χ3n) is 14.1. The molecule has 69 heavy (non-hydrogen) atoms. The Morgan fingerprint density at radius 1 is 0.275 bits per heavy atom. The molecule has 3 heteroatoms. The average Bonchev–Trinajstić information content (AvgIpc) is 3.98. The molecular weight excluding hydrogens is 837 g/mol. The molecule has 0 N–H and O–H groups in total. The number of aromatic nitrogens is 1. The smallest absolute Gasteiger partial charge is 0.143 e. The van der Waals surface area contributed by atoms with Crippen molar-refractivity contribution in [2.45, 2.75) is 0 Å². The third-order valence-corrected chi connectivity index (χ3v) is 14.1. The number of hydrogen-bond acceptors (Lipinski definition) is 2. The SMILES string of the molecule is c1cc(-c2ccc3ccc4ccccc4c3c2)cc(N(c2ccc(-c3cccc(-n4c5ccccc5c5ccccc54)c3)cc2)c2cccc(-c3cccc4c3oc3c5ccccc5ccc43)c2)c1. The molecule has 0 aliphatic heterocycles. The Labute approximate surface area is 399 Å². The fraction of sp³-hybridized carbons (Fsp3) is 0. The van der Waals surface area contributed by atoms with Gasteiger partial charge in [-0.05, 0) is 128 Å². The van der Waals surface area contributed by atoms with Crippen LogP contribution in [0.15, 0.2) is 259 Å². The molecule has 322 valence electrons. The molecule has 0 saturated heterocycles. The van der Waals surface area contributed by atoms with E-state index in [2.05, 4.69) is 264 Å². The van der Waals surface area contributed by atoms with E-state index in [1.807, 2.05) is 0 Å². The summed E-state index contributed by atoms with van der Waals surface area (Å²) < 4.78 is 9.24. The van der Waals surface area contributed by atoms with Crippen LogP contribution < -0.4 is 4.90 Å². The number of anilines is 3. The van der Waals surface area contributed by atoms with Gasteiger partial charge in [-0.25, -0.2) is 0 Å². The number of hydrogen-bond donors (Lipinski definition) is 0. The van der Waals surface area contributed by atoms with Gasteiger partial charge in [-0.1, -0.05) is 182 Å². The predicted molar refractivity (Wildman–Crippen MR) is 292 cm³/mol. The Morgan fingerprint density at radius 2 is 0.783 bits per heavy atom. The van der Waals surface area contributed by atoms with Crippen molar-refractivity contribution in [2.75, 3.05) is 4.90 Å². The fourth-order valence-corrected chi connectivity index (χ4v) is 10.8. The fourth-order valence-electron chi connectivity index (χ4n) is 10.8. The molecule has 0 bridgehead atoms. The second-order valence-corrected chi connectivity index (χ2v) is 18.1. The highest BCUT2D eigenvalue weighted by molar-refractivity contribution is 6.17. The highest BCUT2D eigenvalue weighted by atomic mass is 16.3. The van der Waals surface area contributed by atoms with Crippen molar-refractivity contribution in [1.82, 2.24) is 4.57 Å². The minimum absolute atomic E-state index is 0.894. The quantitative estimate of drug-likeness (QED) is 0.149. The Morgan fingerprint density at radius 3 is 1.54 bits per heavy atom. The molecule has 0 saturated carbocycles. The van der Waals surface area contributed by atoms with Gasteiger partial charge in [0.15, 0.2) is 0 Å². The molecule has 12 aromatic carbocycles. The molecule has 2 aromatic heterocycles. The van der Waals surface area contributed by atoms with Crippen LogP contribution in [0, 0.1) is 0 Å². The minimum Gasteiger partial charge on any atom is -0.455 e. The summed E-state index contributed by atoms with van der Waals surface area (Å²) in [4.78, 5) is 2.38. The number of rotatable bonds is 7. The molecule has 0 unspecified atom stereocenters. The largest absolute Gasteiger partial charge is 0.455 e. The standard InChI is InChI=1S/C66H42N2O/c1-3-21-55-44(13-1)29-30-46-31-32-49(42-62(46)55)48-16-10-18-52(40-48)67(53-19-11-17-50(41-53)57-25-12-26-60-61-38-35-45-14-2-4-22-56(45)65(61)69-66(57)60)51-36-33-43(34-37-51)47-15-9-20-54(39-47)68-63-27-7-5-23-58(63)59-24-6-8-28-64(59)68/h1-42H. The number of para-hydroxylation sites is 3. The lowest BCUT2D eigenvalue weighted by molar-refractivity contribution is 0.674. The zero-order valence-electron chi connectivity index (χ0n) is 37.6. The van der Waals surface area contributed by atoms with Crippen molar-refractivity contribution in [3.63, 3.8) is 0 Å². The zero-order chi connectivity index (χ0) is 45.4. The van der Waals surface area contributed by atoms with Gasteiger partial charge in [0.2, 0.25) is 0 Å². The summed E-state index contributed by atoms with van der Waals surface area (Å²) in [5.41, 5.74) is 15.3. The monoisotopic (exact) mass is 878 g/mol. The normalized spacial score (nSPS) is 11.8. The average molecular weight is 879 g/mol. The molecule has 14 rings (SSSR count). The molecule has 0 aliphatic carbocycles.